The van der Waals surface area contributed by atoms with E-state index in [1.54, 1.807) is 14.2 Å². The fraction of sp³-hybridized carbons (Fsp3) is 0.533. The third-order valence-electron chi connectivity index (χ3n) is 3.57. The summed E-state index contributed by atoms with van der Waals surface area (Å²) in [6.07, 6.45) is 1.03. The van der Waals surface area contributed by atoms with Crippen molar-refractivity contribution in [3.63, 3.8) is 0 Å². The van der Waals surface area contributed by atoms with Crippen molar-refractivity contribution in [1.29, 1.82) is 0 Å². The molecule has 22 heavy (non-hydrogen) atoms. The molecule has 1 aromatic carbocycles. The summed E-state index contributed by atoms with van der Waals surface area (Å²) in [5, 5.41) is 3.26. The summed E-state index contributed by atoms with van der Waals surface area (Å²) in [6, 6.07) is 6.24. The van der Waals surface area contributed by atoms with Crippen molar-refractivity contribution >= 4 is 35.6 Å². The molecule has 0 spiro atoms. The van der Waals surface area contributed by atoms with Gasteiger partial charge in [0.1, 0.15) is 11.5 Å². The molecule has 7 heteroatoms. The zero-order valence-corrected chi connectivity index (χ0v) is 15.7. The molecule has 124 valence electrons. The molecule has 6 nitrogen and oxygen atoms in total. The van der Waals surface area contributed by atoms with Crippen molar-refractivity contribution < 1.29 is 9.47 Å². The Bertz CT molecular complexity index is 488. The van der Waals surface area contributed by atoms with Crippen LogP contribution in [0, 0.1) is 0 Å². The van der Waals surface area contributed by atoms with Gasteiger partial charge in [-0.3, -0.25) is 4.99 Å². The second kappa shape index (κ2) is 8.92. The van der Waals surface area contributed by atoms with Crippen molar-refractivity contribution in [3.05, 3.63) is 18.2 Å². The zero-order valence-electron chi connectivity index (χ0n) is 13.3. The molecule has 1 aromatic rings. The lowest BCUT2D eigenvalue weighted by Crippen LogP contribution is -2.41. The molecule has 0 bridgehead atoms. The SMILES string of the molecule is CCN=C(N)NC1CCN(c2cc(OC)cc(OC)c2)C1.I. The number of nitrogens with one attached hydrogen (secondary N) is 1. The molecule has 3 N–H and O–H groups in total. The number of nitrogens with zero attached hydrogens (tertiary/aromatic N) is 2. The van der Waals surface area contributed by atoms with Gasteiger partial charge in [0.2, 0.25) is 0 Å². The predicted octanol–water partition coefficient (Wildman–Crippen LogP) is 1.82. The van der Waals surface area contributed by atoms with Crippen LogP contribution in [0.5, 0.6) is 11.5 Å². The number of nitrogens with two attached hydrogens (primary N) is 1. The highest BCUT2D eigenvalue weighted by Crippen LogP contribution is 2.30. The molecule has 0 aromatic heterocycles. The third kappa shape index (κ3) is 4.82. The van der Waals surface area contributed by atoms with Crippen LogP contribution < -0.4 is 25.4 Å². The minimum atomic E-state index is 0. The highest BCUT2D eigenvalue weighted by Gasteiger charge is 2.23. The maximum Gasteiger partial charge on any atom is 0.188 e. The summed E-state index contributed by atoms with van der Waals surface area (Å²) in [7, 11) is 3.32. The highest BCUT2D eigenvalue weighted by molar-refractivity contribution is 14.0. The first-order valence-corrected chi connectivity index (χ1v) is 7.20. The number of methoxy groups -OCH3 is 2. The van der Waals surface area contributed by atoms with Crippen LogP contribution in [0.25, 0.3) is 0 Å². The van der Waals surface area contributed by atoms with Gasteiger partial charge in [-0.2, -0.15) is 0 Å². The Labute approximate surface area is 149 Å². The van der Waals surface area contributed by atoms with Gasteiger partial charge in [-0.15, -0.1) is 24.0 Å². The number of guanidine groups is 1. The number of rotatable bonds is 5. The van der Waals surface area contributed by atoms with Crippen LogP contribution in [0.15, 0.2) is 23.2 Å². The zero-order chi connectivity index (χ0) is 15.2. The summed E-state index contributed by atoms with van der Waals surface area (Å²) in [5.41, 5.74) is 6.92. The quantitative estimate of drug-likeness (QED) is 0.432. The van der Waals surface area contributed by atoms with Crippen LogP contribution in [0.4, 0.5) is 5.69 Å². The molecular formula is C15H25IN4O2. The van der Waals surface area contributed by atoms with Gasteiger partial charge in [0, 0.05) is 49.6 Å². The Morgan fingerprint density at radius 2 is 1.95 bits per heavy atom. The van der Waals surface area contributed by atoms with E-state index in [-0.39, 0.29) is 24.0 Å². The summed E-state index contributed by atoms with van der Waals surface area (Å²) < 4.78 is 10.6. The molecule has 1 fully saturated rings. The van der Waals surface area contributed by atoms with Gasteiger partial charge in [-0.25, -0.2) is 0 Å². The lowest BCUT2D eigenvalue weighted by atomic mass is 10.2. The number of benzene rings is 1. The Hall–Kier alpha value is -1.38. The Morgan fingerprint density at radius 3 is 2.50 bits per heavy atom. The van der Waals surface area contributed by atoms with Crippen LogP contribution >= 0.6 is 24.0 Å². The lowest BCUT2D eigenvalue weighted by molar-refractivity contribution is 0.394. The summed E-state index contributed by atoms with van der Waals surface area (Å²) in [5.74, 6) is 2.12. The molecule has 0 aliphatic carbocycles. The number of hydrogen-bond donors (Lipinski definition) is 2. The standard InChI is InChI=1S/C15H24N4O2.HI/c1-4-17-15(16)18-11-5-6-19(10-11)12-7-13(20-2)9-14(8-12)21-3;/h7-9,11H,4-6,10H2,1-3H3,(H3,16,17,18);1H. The topological polar surface area (TPSA) is 72.1 Å². The minimum absolute atomic E-state index is 0. The van der Waals surface area contributed by atoms with Crippen molar-refractivity contribution in [2.75, 3.05) is 38.8 Å². The normalized spacial score (nSPS) is 17.9. The first kappa shape index (κ1) is 18.7. The average molecular weight is 420 g/mol. The highest BCUT2D eigenvalue weighted by atomic mass is 127. The van der Waals surface area contributed by atoms with Gasteiger partial charge >= 0.3 is 0 Å². The van der Waals surface area contributed by atoms with Crippen LogP contribution in [-0.2, 0) is 0 Å². The van der Waals surface area contributed by atoms with E-state index in [0.29, 0.717) is 18.5 Å². The van der Waals surface area contributed by atoms with E-state index in [9.17, 15) is 0 Å². The molecule has 0 saturated carbocycles. The first-order chi connectivity index (χ1) is 10.2. The van der Waals surface area contributed by atoms with E-state index in [4.69, 9.17) is 15.2 Å². The van der Waals surface area contributed by atoms with E-state index >= 15 is 0 Å². The fourth-order valence-electron chi connectivity index (χ4n) is 2.51. The van der Waals surface area contributed by atoms with Crippen molar-refractivity contribution in [2.24, 2.45) is 10.7 Å². The summed E-state index contributed by atoms with van der Waals surface area (Å²) in [4.78, 5) is 6.46. The third-order valence-corrected chi connectivity index (χ3v) is 3.57. The predicted molar refractivity (Wildman–Crippen MR) is 101 cm³/mol. The number of ether oxygens (including phenoxy) is 2. The van der Waals surface area contributed by atoms with Gasteiger partial charge in [0.05, 0.1) is 14.2 Å². The van der Waals surface area contributed by atoms with Crippen LogP contribution in [0.2, 0.25) is 0 Å². The van der Waals surface area contributed by atoms with Crippen LogP contribution in [-0.4, -0.2) is 45.9 Å². The molecule has 1 saturated heterocycles. The monoisotopic (exact) mass is 420 g/mol. The lowest BCUT2D eigenvalue weighted by Gasteiger charge is -2.20. The van der Waals surface area contributed by atoms with E-state index < -0.39 is 0 Å². The number of hydrogen-bond acceptors (Lipinski definition) is 4. The average Bonchev–Trinajstić information content (AvgIpc) is 2.95. The van der Waals surface area contributed by atoms with E-state index in [2.05, 4.69) is 15.2 Å². The maximum absolute atomic E-state index is 5.82. The van der Waals surface area contributed by atoms with Gasteiger partial charge in [0.25, 0.3) is 0 Å². The van der Waals surface area contributed by atoms with Crippen molar-refractivity contribution in [3.8, 4) is 11.5 Å². The van der Waals surface area contributed by atoms with E-state index in [1.165, 1.54) is 0 Å². The minimum Gasteiger partial charge on any atom is -0.497 e. The molecule has 1 aliphatic heterocycles. The molecule has 0 amide bonds. The van der Waals surface area contributed by atoms with E-state index in [1.807, 2.05) is 25.1 Å². The smallest absolute Gasteiger partial charge is 0.188 e. The van der Waals surface area contributed by atoms with Gasteiger partial charge in [-0.05, 0) is 13.3 Å². The molecule has 2 rings (SSSR count). The van der Waals surface area contributed by atoms with Crippen LogP contribution in [0.1, 0.15) is 13.3 Å². The van der Waals surface area contributed by atoms with Crippen molar-refractivity contribution in [2.45, 2.75) is 19.4 Å². The molecule has 0 radical (unpaired) electrons. The number of anilines is 1. The van der Waals surface area contributed by atoms with E-state index in [0.717, 1.165) is 36.7 Å². The largest absolute Gasteiger partial charge is 0.497 e. The summed E-state index contributed by atoms with van der Waals surface area (Å²) in [6.45, 7) is 4.52. The Balaban J connectivity index is 0.00000242. The molecule has 1 heterocycles. The van der Waals surface area contributed by atoms with Gasteiger partial charge < -0.3 is 25.4 Å². The van der Waals surface area contributed by atoms with Gasteiger partial charge in [-0.1, -0.05) is 0 Å². The Morgan fingerprint density at radius 1 is 1.32 bits per heavy atom. The molecule has 1 aliphatic rings. The van der Waals surface area contributed by atoms with Gasteiger partial charge in [0.15, 0.2) is 5.96 Å². The Kier molecular flexibility index (Phi) is 7.57. The molecular weight excluding hydrogens is 395 g/mol. The number of halogens is 1. The first-order valence-electron chi connectivity index (χ1n) is 7.20. The van der Waals surface area contributed by atoms with Crippen LogP contribution in [0.3, 0.4) is 0 Å². The molecule has 1 unspecified atom stereocenters. The maximum atomic E-state index is 5.82. The fourth-order valence-corrected chi connectivity index (χ4v) is 2.51. The van der Waals surface area contributed by atoms with Crippen molar-refractivity contribution in [1.82, 2.24) is 5.32 Å². The molecule has 1 atom stereocenters. The second-order valence-electron chi connectivity index (χ2n) is 5.01. The summed E-state index contributed by atoms with van der Waals surface area (Å²) >= 11 is 0. The number of aliphatic imine (C=N–C) groups is 1. The second-order valence-corrected chi connectivity index (χ2v) is 5.01.